The molecule has 1 fully saturated rings. The number of amides is 1. The number of fused-ring (bicyclic) bond motifs is 4. The van der Waals surface area contributed by atoms with Gasteiger partial charge in [-0.2, -0.15) is 5.10 Å². The third-order valence-electron chi connectivity index (χ3n) is 5.49. The molecule has 1 saturated heterocycles. The van der Waals surface area contributed by atoms with Gasteiger partial charge in [0, 0.05) is 36.3 Å². The Morgan fingerprint density at radius 1 is 1.00 bits per heavy atom. The Bertz CT molecular complexity index is 1040. The van der Waals surface area contributed by atoms with E-state index in [1.807, 2.05) is 18.2 Å². The lowest BCUT2D eigenvalue weighted by molar-refractivity contribution is 0.139. The molecule has 0 atom stereocenters. The number of nitrogens with one attached hydrogen (secondary N) is 2. The average Bonchev–Trinajstić information content (AvgIpc) is 3.41. The van der Waals surface area contributed by atoms with E-state index in [0.717, 1.165) is 52.3 Å². The zero-order valence-electron chi connectivity index (χ0n) is 16.2. The van der Waals surface area contributed by atoms with Gasteiger partial charge < -0.3 is 19.7 Å². The molecule has 0 saturated carbocycles. The Balaban J connectivity index is 1.61. The quantitative estimate of drug-likeness (QED) is 0.658. The molecule has 2 aliphatic heterocycles. The van der Waals surface area contributed by atoms with E-state index in [1.54, 1.807) is 0 Å². The van der Waals surface area contributed by atoms with E-state index in [9.17, 15) is 4.79 Å². The van der Waals surface area contributed by atoms with Crippen molar-refractivity contribution < 1.29 is 14.3 Å². The van der Waals surface area contributed by atoms with Crippen LogP contribution in [0.5, 0.6) is 5.75 Å². The van der Waals surface area contributed by atoms with Gasteiger partial charge in [-0.15, -0.1) is 0 Å². The van der Waals surface area contributed by atoms with Crippen molar-refractivity contribution in [2.75, 3.05) is 31.1 Å². The number of aromatic amines is 1. The van der Waals surface area contributed by atoms with E-state index < -0.39 is 6.09 Å². The summed E-state index contributed by atoms with van der Waals surface area (Å²) in [4.78, 5) is 14.4. The second-order valence-electron chi connectivity index (χ2n) is 7.57. The van der Waals surface area contributed by atoms with Crippen molar-refractivity contribution in [3.8, 4) is 17.0 Å². The molecule has 2 aromatic carbocycles. The number of cyclic esters (lactones) is 1. The van der Waals surface area contributed by atoms with Gasteiger partial charge >= 0.3 is 6.09 Å². The molecule has 2 aliphatic rings. The Morgan fingerprint density at radius 2 is 1.90 bits per heavy atom. The molecule has 0 spiro atoms. The molecule has 7 nitrogen and oxygen atoms in total. The van der Waals surface area contributed by atoms with E-state index in [0.29, 0.717) is 19.6 Å². The Hall–Kier alpha value is -3.22. The zero-order chi connectivity index (χ0) is 19.6. The summed E-state index contributed by atoms with van der Waals surface area (Å²) < 4.78 is 11.3. The van der Waals surface area contributed by atoms with E-state index in [-0.39, 0.29) is 6.61 Å². The van der Waals surface area contributed by atoms with E-state index >= 15 is 0 Å². The molecule has 2 N–H and O–H groups in total. The maximum atomic E-state index is 12.0. The van der Waals surface area contributed by atoms with Gasteiger partial charge in [0.25, 0.3) is 0 Å². The predicted octanol–water partition coefficient (Wildman–Crippen LogP) is 3.84. The number of nitrogens with zero attached hydrogens (tertiary/aromatic N) is 2. The molecule has 3 heterocycles. The highest BCUT2D eigenvalue weighted by molar-refractivity contribution is 5.94. The largest absolute Gasteiger partial charge is 0.494 e. The number of anilines is 1. The highest BCUT2D eigenvalue weighted by atomic mass is 16.5. The van der Waals surface area contributed by atoms with Crippen LogP contribution in [-0.4, -0.2) is 42.5 Å². The van der Waals surface area contributed by atoms with Crippen LogP contribution in [0.2, 0.25) is 0 Å². The summed E-state index contributed by atoms with van der Waals surface area (Å²) in [7, 11) is 0. The summed E-state index contributed by atoms with van der Waals surface area (Å²) in [5.41, 5.74) is 4.96. The molecule has 0 unspecified atom stereocenters. The van der Waals surface area contributed by atoms with E-state index in [2.05, 4.69) is 38.6 Å². The van der Waals surface area contributed by atoms with Crippen molar-refractivity contribution in [3.63, 3.8) is 0 Å². The Labute approximate surface area is 169 Å². The lowest BCUT2D eigenvalue weighted by atomic mass is 10.0. The minimum absolute atomic E-state index is 0.227. The fourth-order valence-electron chi connectivity index (χ4n) is 4.01. The normalized spacial score (nSPS) is 17.4. The maximum Gasteiger partial charge on any atom is 0.407 e. The summed E-state index contributed by atoms with van der Waals surface area (Å²) in [5, 5.41) is 11.5. The summed E-state index contributed by atoms with van der Waals surface area (Å²) >= 11 is 0. The second-order valence-corrected chi connectivity index (χ2v) is 7.57. The number of hydrogen-bond donors (Lipinski definition) is 2. The fraction of sp³-hybridized carbons (Fsp3) is 0.364. The molecule has 3 aromatic rings. The lowest BCUT2D eigenvalue weighted by Gasteiger charge is -2.20. The van der Waals surface area contributed by atoms with Crippen LogP contribution in [-0.2, 0) is 11.3 Å². The summed E-state index contributed by atoms with van der Waals surface area (Å²) in [6.45, 7) is 3.35. The molecular weight excluding hydrogens is 368 g/mol. The number of hydrogen-bond acceptors (Lipinski definition) is 5. The molecule has 1 amide bonds. The monoisotopic (exact) mass is 392 g/mol. The summed E-state index contributed by atoms with van der Waals surface area (Å²) in [5.74, 6) is 0.800. The molecule has 4 bridgehead atoms. The van der Waals surface area contributed by atoms with Crippen molar-refractivity contribution in [1.29, 1.82) is 0 Å². The van der Waals surface area contributed by atoms with Crippen LogP contribution in [0.4, 0.5) is 10.5 Å². The first-order valence-corrected chi connectivity index (χ1v) is 10.2. The predicted molar refractivity (Wildman–Crippen MR) is 111 cm³/mol. The van der Waals surface area contributed by atoms with Crippen LogP contribution in [0.3, 0.4) is 0 Å². The number of carbonyl (C=O) groups excluding carboxylic acids is 1. The number of carbonyl (C=O) groups is 1. The SMILES string of the molecule is O=C1NCCCOc2ccc3[nH]nc(c3c2)-c2cc(cc(N3CCCC3)c2)CO1. The first-order valence-electron chi connectivity index (χ1n) is 10.2. The van der Waals surface area contributed by atoms with Crippen LogP contribution >= 0.6 is 0 Å². The zero-order valence-corrected chi connectivity index (χ0v) is 16.2. The second kappa shape index (κ2) is 7.66. The number of benzene rings is 2. The van der Waals surface area contributed by atoms with Crippen LogP contribution in [0.15, 0.2) is 36.4 Å². The van der Waals surface area contributed by atoms with Crippen molar-refractivity contribution in [2.24, 2.45) is 0 Å². The van der Waals surface area contributed by atoms with Gasteiger partial charge in [-0.25, -0.2) is 4.79 Å². The van der Waals surface area contributed by atoms with Crippen LogP contribution in [0, 0.1) is 0 Å². The summed E-state index contributed by atoms with van der Waals surface area (Å²) in [6.07, 6.45) is 2.70. The van der Waals surface area contributed by atoms with Crippen LogP contribution in [0.25, 0.3) is 22.2 Å². The minimum Gasteiger partial charge on any atom is -0.494 e. The molecule has 5 rings (SSSR count). The fourth-order valence-corrected chi connectivity index (χ4v) is 4.01. The third kappa shape index (κ3) is 3.72. The highest BCUT2D eigenvalue weighted by Gasteiger charge is 2.17. The standard InChI is InChI=1S/C22H24N4O3/c27-22-23-6-3-9-28-18-4-5-20-19(13-18)21(25-24-20)16-10-15(14-29-22)11-17(12-16)26-7-1-2-8-26/h4-5,10-13H,1-3,6-9,14H2,(H,23,27)(H,24,25). The minimum atomic E-state index is -0.407. The van der Waals surface area contributed by atoms with Crippen molar-refractivity contribution >= 4 is 22.7 Å². The van der Waals surface area contributed by atoms with Gasteiger partial charge in [0.05, 0.1) is 12.1 Å². The highest BCUT2D eigenvalue weighted by Crippen LogP contribution is 2.33. The van der Waals surface area contributed by atoms with Gasteiger partial charge in [0.1, 0.15) is 18.1 Å². The van der Waals surface area contributed by atoms with Crippen molar-refractivity contribution in [3.05, 3.63) is 42.0 Å². The van der Waals surface area contributed by atoms with Gasteiger partial charge in [0.2, 0.25) is 0 Å². The Morgan fingerprint density at radius 3 is 2.79 bits per heavy atom. The molecule has 29 heavy (non-hydrogen) atoms. The smallest absolute Gasteiger partial charge is 0.407 e. The number of aromatic nitrogens is 2. The topological polar surface area (TPSA) is 79.5 Å². The number of alkyl carbamates (subject to hydrolysis) is 1. The molecule has 0 radical (unpaired) electrons. The first kappa shape index (κ1) is 17.8. The van der Waals surface area contributed by atoms with Crippen molar-refractivity contribution in [2.45, 2.75) is 25.9 Å². The van der Waals surface area contributed by atoms with Crippen LogP contribution < -0.4 is 15.0 Å². The van der Waals surface area contributed by atoms with E-state index in [1.165, 1.54) is 12.8 Å². The van der Waals surface area contributed by atoms with E-state index in [4.69, 9.17) is 9.47 Å². The van der Waals surface area contributed by atoms with Gasteiger partial charge in [-0.1, -0.05) is 0 Å². The van der Waals surface area contributed by atoms with Gasteiger partial charge in [-0.3, -0.25) is 5.10 Å². The molecule has 1 aromatic heterocycles. The maximum absolute atomic E-state index is 12.0. The Kier molecular flexibility index (Phi) is 4.71. The average molecular weight is 392 g/mol. The number of rotatable bonds is 1. The van der Waals surface area contributed by atoms with Gasteiger partial charge in [-0.05, 0) is 61.2 Å². The van der Waals surface area contributed by atoms with Gasteiger partial charge in [0.15, 0.2) is 0 Å². The third-order valence-corrected chi connectivity index (χ3v) is 5.49. The lowest BCUT2D eigenvalue weighted by Crippen LogP contribution is -2.26. The molecule has 7 heteroatoms. The molecular formula is C22H24N4O3. The van der Waals surface area contributed by atoms with Crippen molar-refractivity contribution in [1.82, 2.24) is 15.5 Å². The summed E-state index contributed by atoms with van der Waals surface area (Å²) in [6, 6.07) is 12.3. The molecule has 0 aliphatic carbocycles. The number of H-pyrrole nitrogens is 1. The number of ether oxygens (including phenoxy) is 2. The van der Waals surface area contributed by atoms with Crippen LogP contribution in [0.1, 0.15) is 24.8 Å². The molecule has 150 valence electrons. The first-order chi connectivity index (χ1) is 14.3.